The van der Waals surface area contributed by atoms with Gasteiger partial charge in [0.2, 0.25) is 0 Å². The van der Waals surface area contributed by atoms with Gasteiger partial charge in [0, 0.05) is 22.7 Å². The molecule has 0 atom stereocenters. The summed E-state index contributed by atoms with van der Waals surface area (Å²) in [6, 6.07) is 12.0. The number of nitrogens with zero attached hydrogens (tertiary/aromatic N) is 2. The fraction of sp³-hybridized carbons (Fsp3) is 0. The van der Waals surface area contributed by atoms with E-state index in [1.165, 1.54) is 0 Å². The van der Waals surface area contributed by atoms with Crippen LogP contribution in [0, 0.1) is 0 Å². The molecule has 21 heavy (non-hydrogen) atoms. The summed E-state index contributed by atoms with van der Waals surface area (Å²) in [6.45, 7) is 0. The molecule has 0 aliphatic heterocycles. The van der Waals surface area contributed by atoms with Crippen molar-refractivity contribution < 1.29 is 8.83 Å². The predicted octanol–water partition coefficient (Wildman–Crippen LogP) is 4.17. The topological polar surface area (TPSA) is 67.3 Å². The normalized spacial score (nSPS) is 11.6. The quantitative estimate of drug-likeness (QED) is 0.571. The Kier molecular flexibility index (Phi) is 2.67. The minimum atomic E-state index is 0.298. The van der Waals surface area contributed by atoms with Crippen molar-refractivity contribution in [2.75, 3.05) is 0 Å². The highest BCUT2D eigenvalue weighted by Gasteiger charge is 2.10. The Bertz CT molecular complexity index is 901. The maximum Gasteiger partial charge on any atom is 0.322 e. The molecule has 3 aromatic heterocycles. The lowest BCUT2D eigenvalue weighted by molar-refractivity contribution is 0.556. The summed E-state index contributed by atoms with van der Waals surface area (Å²) >= 11 is 0. The van der Waals surface area contributed by atoms with Crippen LogP contribution in [0.1, 0.15) is 5.76 Å². The van der Waals surface area contributed by atoms with Gasteiger partial charge in [-0.1, -0.05) is 18.2 Å². The molecule has 0 saturated carbocycles. The molecule has 4 aromatic rings. The molecule has 1 N–H and O–H groups in total. The molecule has 0 saturated heterocycles. The first-order valence-corrected chi connectivity index (χ1v) is 6.50. The lowest BCUT2D eigenvalue weighted by Crippen LogP contribution is -1.76. The number of furan rings is 1. The Balaban J connectivity index is 1.68. The highest BCUT2D eigenvalue weighted by Crippen LogP contribution is 2.29. The van der Waals surface area contributed by atoms with Gasteiger partial charge in [0.25, 0.3) is 0 Å². The van der Waals surface area contributed by atoms with Crippen LogP contribution < -0.4 is 0 Å². The van der Waals surface area contributed by atoms with Crippen LogP contribution in [0.4, 0.5) is 6.01 Å². The first-order chi connectivity index (χ1) is 10.4. The van der Waals surface area contributed by atoms with Crippen LogP contribution in [0.3, 0.4) is 0 Å². The summed E-state index contributed by atoms with van der Waals surface area (Å²) in [5.74, 6) is 0.654. The number of aliphatic imine (C=N–C) groups is 1. The third kappa shape index (κ3) is 2.14. The molecule has 0 bridgehead atoms. The van der Waals surface area contributed by atoms with Crippen LogP contribution in [0.25, 0.3) is 22.2 Å². The second-order valence-corrected chi connectivity index (χ2v) is 4.54. The minimum Gasteiger partial charge on any atom is -0.463 e. The Morgan fingerprint density at radius 3 is 2.95 bits per heavy atom. The zero-order valence-electron chi connectivity index (χ0n) is 11.0. The van der Waals surface area contributed by atoms with E-state index < -0.39 is 0 Å². The molecule has 5 heteroatoms. The van der Waals surface area contributed by atoms with Gasteiger partial charge in [0.15, 0.2) is 0 Å². The molecule has 5 nitrogen and oxygen atoms in total. The van der Waals surface area contributed by atoms with Crippen LogP contribution in [0.2, 0.25) is 0 Å². The Hall–Kier alpha value is -3.08. The monoisotopic (exact) mass is 277 g/mol. The summed E-state index contributed by atoms with van der Waals surface area (Å²) < 4.78 is 10.5. The molecule has 0 fully saturated rings. The van der Waals surface area contributed by atoms with E-state index in [2.05, 4.69) is 15.0 Å². The van der Waals surface area contributed by atoms with Crippen molar-refractivity contribution in [1.82, 2.24) is 9.97 Å². The van der Waals surface area contributed by atoms with Gasteiger partial charge in [-0.15, -0.1) is 0 Å². The summed E-state index contributed by atoms with van der Waals surface area (Å²) in [4.78, 5) is 11.7. The highest BCUT2D eigenvalue weighted by atomic mass is 16.4. The fourth-order valence-corrected chi connectivity index (χ4v) is 2.21. The standard InChI is InChI=1S/C16H11N3O2/c1-2-6-14-12(5-1)13(9-17-14)15-10-21-16(19-15)18-8-11-4-3-7-20-11/h1-10,17H/b18-8+. The third-order valence-corrected chi connectivity index (χ3v) is 3.20. The van der Waals surface area contributed by atoms with Gasteiger partial charge >= 0.3 is 6.01 Å². The van der Waals surface area contributed by atoms with Crippen LogP contribution >= 0.6 is 0 Å². The molecule has 0 spiro atoms. The Morgan fingerprint density at radius 1 is 1.10 bits per heavy atom. The molecule has 0 aliphatic carbocycles. The van der Waals surface area contributed by atoms with Crippen molar-refractivity contribution in [3.8, 4) is 11.3 Å². The second-order valence-electron chi connectivity index (χ2n) is 4.54. The second kappa shape index (κ2) is 4.79. The average Bonchev–Trinajstić information content (AvgIpc) is 3.25. The van der Waals surface area contributed by atoms with Crippen LogP contribution in [-0.2, 0) is 0 Å². The van der Waals surface area contributed by atoms with E-state index in [1.807, 2.05) is 36.5 Å². The third-order valence-electron chi connectivity index (χ3n) is 3.20. The number of nitrogens with one attached hydrogen (secondary N) is 1. The molecule has 4 rings (SSSR count). The Labute approximate surface area is 120 Å². The van der Waals surface area contributed by atoms with Gasteiger partial charge in [-0.05, 0) is 18.2 Å². The number of rotatable bonds is 3. The summed E-state index contributed by atoms with van der Waals surface area (Å²) in [7, 11) is 0. The van der Waals surface area contributed by atoms with Crippen molar-refractivity contribution in [3.05, 3.63) is 60.9 Å². The van der Waals surface area contributed by atoms with Gasteiger partial charge < -0.3 is 13.8 Å². The van der Waals surface area contributed by atoms with Gasteiger partial charge in [0.05, 0.1) is 12.5 Å². The molecule has 0 radical (unpaired) electrons. The molecule has 1 aromatic carbocycles. The van der Waals surface area contributed by atoms with Gasteiger partial charge in [0.1, 0.15) is 17.7 Å². The van der Waals surface area contributed by atoms with E-state index in [0.717, 1.165) is 22.2 Å². The zero-order valence-corrected chi connectivity index (χ0v) is 11.0. The van der Waals surface area contributed by atoms with Crippen LogP contribution in [0.15, 0.2) is 68.9 Å². The lowest BCUT2D eigenvalue weighted by Gasteiger charge is -1.91. The fourth-order valence-electron chi connectivity index (χ4n) is 2.21. The van der Waals surface area contributed by atoms with Crippen molar-refractivity contribution in [2.45, 2.75) is 0 Å². The molecular weight excluding hydrogens is 266 g/mol. The first-order valence-electron chi connectivity index (χ1n) is 6.50. The first kappa shape index (κ1) is 11.7. The smallest absolute Gasteiger partial charge is 0.322 e. The summed E-state index contributed by atoms with van der Waals surface area (Å²) in [5.41, 5.74) is 2.81. The van der Waals surface area contributed by atoms with Gasteiger partial charge in [-0.2, -0.15) is 9.98 Å². The zero-order chi connectivity index (χ0) is 14.1. The maximum atomic E-state index is 5.37. The molecule has 0 amide bonds. The van der Waals surface area contributed by atoms with E-state index in [1.54, 1.807) is 24.8 Å². The Morgan fingerprint density at radius 2 is 2.05 bits per heavy atom. The molecule has 3 heterocycles. The van der Waals surface area contributed by atoms with E-state index in [4.69, 9.17) is 8.83 Å². The van der Waals surface area contributed by atoms with Crippen molar-refractivity contribution in [3.63, 3.8) is 0 Å². The number of hydrogen-bond donors (Lipinski definition) is 1. The van der Waals surface area contributed by atoms with E-state index in [9.17, 15) is 0 Å². The average molecular weight is 277 g/mol. The number of para-hydroxylation sites is 1. The number of hydrogen-bond acceptors (Lipinski definition) is 4. The van der Waals surface area contributed by atoms with E-state index in [0.29, 0.717) is 11.8 Å². The number of oxazole rings is 1. The molecule has 0 aliphatic rings. The van der Waals surface area contributed by atoms with Gasteiger partial charge in [-0.25, -0.2) is 0 Å². The number of benzene rings is 1. The minimum absolute atomic E-state index is 0.298. The molecular formula is C16H11N3O2. The summed E-state index contributed by atoms with van der Waals surface area (Å²) in [5, 5.41) is 1.10. The lowest BCUT2D eigenvalue weighted by atomic mass is 10.1. The highest BCUT2D eigenvalue weighted by molar-refractivity contribution is 5.94. The number of aromatic amines is 1. The van der Waals surface area contributed by atoms with Gasteiger partial charge in [-0.3, -0.25) is 0 Å². The van der Waals surface area contributed by atoms with Crippen molar-refractivity contribution >= 4 is 23.1 Å². The van der Waals surface area contributed by atoms with Crippen molar-refractivity contribution in [2.24, 2.45) is 4.99 Å². The predicted molar refractivity (Wildman–Crippen MR) is 79.8 cm³/mol. The number of aromatic nitrogens is 2. The van der Waals surface area contributed by atoms with Crippen LogP contribution in [-0.4, -0.2) is 16.2 Å². The largest absolute Gasteiger partial charge is 0.463 e. The maximum absolute atomic E-state index is 5.37. The number of H-pyrrole nitrogens is 1. The van der Waals surface area contributed by atoms with Crippen molar-refractivity contribution in [1.29, 1.82) is 0 Å². The van der Waals surface area contributed by atoms with E-state index in [-0.39, 0.29) is 0 Å². The molecule has 102 valence electrons. The SMILES string of the molecule is C(=N\c1nc(-c2c[nH]c3ccccc23)co1)/c1ccco1. The van der Waals surface area contributed by atoms with Crippen LogP contribution in [0.5, 0.6) is 0 Å². The molecule has 0 unspecified atom stereocenters. The summed E-state index contributed by atoms with van der Waals surface area (Å²) in [6.07, 6.45) is 6.69. The number of fused-ring (bicyclic) bond motifs is 1. The van der Waals surface area contributed by atoms with E-state index >= 15 is 0 Å².